The third kappa shape index (κ3) is 3.61. The Bertz CT molecular complexity index is 993. The molecule has 0 atom stereocenters. The molecule has 0 aliphatic heterocycles. The van der Waals surface area contributed by atoms with Crippen molar-refractivity contribution >= 4 is 34.3 Å². The SMILES string of the molecule is Nc1cc(C(=O)N/N=C\c2cccc3ccccc23)cc([N+](=O)[O-])c1. The number of rotatable bonds is 4. The smallest absolute Gasteiger partial charge is 0.272 e. The number of nitro groups is 1. The maximum atomic E-state index is 12.1. The van der Waals surface area contributed by atoms with Gasteiger partial charge in [0.1, 0.15) is 0 Å². The maximum Gasteiger partial charge on any atom is 0.272 e. The van der Waals surface area contributed by atoms with Crippen molar-refractivity contribution in [3.63, 3.8) is 0 Å². The Hall–Kier alpha value is -3.74. The van der Waals surface area contributed by atoms with Crippen LogP contribution >= 0.6 is 0 Å². The zero-order chi connectivity index (χ0) is 17.8. The van der Waals surface area contributed by atoms with E-state index in [-0.39, 0.29) is 16.9 Å². The predicted octanol–water partition coefficient (Wildman–Crippen LogP) is 3.09. The number of hydrogen-bond donors (Lipinski definition) is 2. The minimum absolute atomic E-state index is 0.0711. The molecule has 0 heterocycles. The van der Waals surface area contributed by atoms with Gasteiger partial charge in [-0.3, -0.25) is 14.9 Å². The summed E-state index contributed by atoms with van der Waals surface area (Å²) in [4.78, 5) is 22.4. The zero-order valence-corrected chi connectivity index (χ0v) is 13.0. The summed E-state index contributed by atoms with van der Waals surface area (Å²) in [5.41, 5.74) is 8.76. The Morgan fingerprint density at radius 3 is 2.68 bits per heavy atom. The standard InChI is InChI=1S/C18H14N4O3/c19-15-8-14(9-16(10-15)22(24)25)18(23)21-20-11-13-6-3-5-12-4-1-2-7-17(12)13/h1-11H,19H2,(H,21,23)/b20-11-. The molecule has 3 aromatic rings. The third-order valence-corrected chi connectivity index (χ3v) is 3.61. The average molecular weight is 334 g/mol. The van der Waals surface area contributed by atoms with E-state index in [1.54, 1.807) is 0 Å². The van der Waals surface area contributed by atoms with E-state index in [0.29, 0.717) is 0 Å². The second-order valence-electron chi connectivity index (χ2n) is 5.34. The number of carbonyl (C=O) groups excluding carboxylic acids is 1. The molecule has 7 nitrogen and oxygen atoms in total. The lowest BCUT2D eigenvalue weighted by Gasteiger charge is -2.03. The minimum Gasteiger partial charge on any atom is -0.399 e. The van der Waals surface area contributed by atoms with Crippen LogP contribution in [0.4, 0.5) is 11.4 Å². The third-order valence-electron chi connectivity index (χ3n) is 3.61. The Morgan fingerprint density at radius 1 is 1.12 bits per heavy atom. The van der Waals surface area contributed by atoms with Gasteiger partial charge < -0.3 is 5.73 Å². The van der Waals surface area contributed by atoms with Crippen LogP contribution in [0.15, 0.2) is 65.8 Å². The van der Waals surface area contributed by atoms with Crippen LogP contribution in [0.5, 0.6) is 0 Å². The number of fused-ring (bicyclic) bond motifs is 1. The number of nitrogen functional groups attached to an aromatic ring is 1. The van der Waals surface area contributed by atoms with Crippen molar-refractivity contribution < 1.29 is 9.72 Å². The van der Waals surface area contributed by atoms with Crippen molar-refractivity contribution in [2.24, 2.45) is 5.10 Å². The number of amides is 1. The van der Waals surface area contributed by atoms with Crippen LogP contribution in [0.1, 0.15) is 15.9 Å². The van der Waals surface area contributed by atoms with Gasteiger partial charge in [0.15, 0.2) is 0 Å². The van der Waals surface area contributed by atoms with Crippen molar-refractivity contribution in [2.45, 2.75) is 0 Å². The Kier molecular flexibility index (Phi) is 4.38. The summed E-state index contributed by atoms with van der Waals surface area (Å²) < 4.78 is 0. The lowest BCUT2D eigenvalue weighted by Crippen LogP contribution is -2.18. The number of carbonyl (C=O) groups is 1. The number of non-ortho nitro benzene ring substituents is 1. The van der Waals surface area contributed by atoms with Gasteiger partial charge in [-0.15, -0.1) is 0 Å². The van der Waals surface area contributed by atoms with Crippen molar-refractivity contribution in [1.29, 1.82) is 0 Å². The largest absolute Gasteiger partial charge is 0.399 e. The van der Waals surface area contributed by atoms with Crippen LogP contribution in [-0.4, -0.2) is 17.0 Å². The van der Waals surface area contributed by atoms with Crippen LogP contribution < -0.4 is 11.2 Å². The summed E-state index contributed by atoms with van der Waals surface area (Å²) in [5, 5.41) is 16.8. The van der Waals surface area contributed by atoms with Gasteiger partial charge in [0, 0.05) is 23.4 Å². The second-order valence-corrected chi connectivity index (χ2v) is 5.34. The van der Waals surface area contributed by atoms with E-state index in [1.807, 2.05) is 42.5 Å². The van der Waals surface area contributed by atoms with E-state index < -0.39 is 10.8 Å². The van der Waals surface area contributed by atoms with E-state index in [4.69, 9.17) is 5.73 Å². The monoisotopic (exact) mass is 334 g/mol. The second kappa shape index (κ2) is 6.79. The number of nitro benzene ring substituents is 1. The highest BCUT2D eigenvalue weighted by Gasteiger charge is 2.13. The Balaban J connectivity index is 1.80. The molecular weight excluding hydrogens is 320 g/mol. The molecule has 0 saturated carbocycles. The van der Waals surface area contributed by atoms with Crippen LogP contribution in [0, 0.1) is 10.1 Å². The molecule has 1 amide bonds. The van der Waals surface area contributed by atoms with Gasteiger partial charge >= 0.3 is 0 Å². The summed E-state index contributed by atoms with van der Waals surface area (Å²) in [6, 6.07) is 17.3. The zero-order valence-electron chi connectivity index (χ0n) is 13.0. The normalized spacial score (nSPS) is 10.9. The first-order valence-corrected chi connectivity index (χ1v) is 7.41. The fourth-order valence-corrected chi connectivity index (χ4v) is 2.46. The highest BCUT2D eigenvalue weighted by molar-refractivity contribution is 6.01. The molecule has 3 N–H and O–H groups in total. The van der Waals surface area contributed by atoms with E-state index in [9.17, 15) is 14.9 Å². The van der Waals surface area contributed by atoms with Gasteiger partial charge in [-0.05, 0) is 16.8 Å². The first-order valence-electron chi connectivity index (χ1n) is 7.41. The molecule has 0 aromatic heterocycles. The molecule has 7 heteroatoms. The van der Waals surface area contributed by atoms with E-state index in [1.165, 1.54) is 18.3 Å². The van der Waals surface area contributed by atoms with E-state index in [2.05, 4.69) is 10.5 Å². The summed E-state index contributed by atoms with van der Waals surface area (Å²) in [7, 11) is 0. The summed E-state index contributed by atoms with van der Waals surface area (Å²) >= 11 is 0. The number of nitrogens with one attached hydrogen (secondary N) is 1. The van der Waals surface area contributed by atoms with Crippen LogP contribution in [0.2, 0.25) is 0 Å². The van der Waals surface area contributed by atoms with Gasteiger partial charge in [0.05, 0.1) is 16.7 Å². The number of anilines is 1. The molecule has 3 aromatic carbocycles. The molecule has 0 radical (unpaired) electrons. The van der Waals surface area contributed by atoms with Gasteiger partial charge in [0.25, 0.3) is 11.6 Å². The highest BCUT2D eigenvalue weighted by atomic mass is 16.6. The topological polar surface area (TPSA) is 111 Å². The molecule has 0 fully saturated rings. The van der Waals surface area contributed by atoms with Gasteiger partial charge in [0.2, 0.25) is 0 Å². The minimum atomic E-state index is -0.605. The number of nitrogens with zero attached hydrogens (tertiary/aromatic N) is 2. The summed E-state index contributed by atoms with van der Waals surface area (Å²) in [6.07, 6.45) is 1.53. The molecule has 0 aliphatic rings. The molecule has 0 aliphatic carbocycles. The molecule has 124 valence electrons. The predicted molar refractivity (Wildman–Crippen MR) is 96.5 cm³/mol. The molecule has 0 saturated heterocycles. The number of hydrogen-bond acceptors (Lipinski definition) is 5. The number of benzene rings is 3. The van der Waals surface area contributed by atoms with Crippen molar-refractivity contribution in [3.05, 3.63) is 81.9 Å². The molecule has 0 bridgehead atoms. The fourth-order valence-electron chi connectivity index (χ4n) is 2.46. The lowest BCUT2D eigenvalue weighted by atomic mass is 10.1. The van der Waals surface area contributed by atoms with Gasteiger partial charge in [-0.1, -0.05) is 42.5 Å². The molecule has 25 heavy (non-hydrogen) atoms. The summed E-state index contributed by atoms with van der Waals surface area (Å²) in [6.45, 7) is 0. The first kappa shape index (κ1) is 16.1. The average Bonchev–Trinajstić information content (AvgIpc) is 2.61. The quantitative estimate of drug-likeness (QED) is 0.330. The maximum absolute atomic E-state index is 12.1. The molecule has 0 unspecified atom stereocenters. The number of nitrogens with two attached hydrogens (primary N) is 1. The van der Waals surface area contributed by atoms with E-state index >= 15 is 0 Å². The number of hydrazone groups is 1. The van der Waals surface area contributed by atoms with Crippen molar-refractivity contribution in [2.75, 3.05) is 5.73 Å². The van der Waals surface area contributed by atoms with Gasteiger partial charge in [-0.2, -0.15) is 5.10 Å². The lowest BCUT2D eigenvalue weighted by molar-refractivity contribution is -0.384. The molecule has 3 rings (SSSR count). The molecular formula is C18H14N4O3. The Morgan fingerprint density at radius 2 is 1.88 bits per heavy atom. The van der Waals surface area contributed by atoms with Crippen LogP contribution in [-0.2, 0) is 0 Å². The summed E-state index contributed by atoms with van der Waals surface area (Å²) in [5.74, 6) is -0.577. The fraction of sp³-hybridized carbons (Fsp3) is 0. The van der Waals surface area contributed by atoms with Crippen LogP contribution in [0.3, 0.4) is 0 Å². The van der Waals surface area contributed by atoms with Crippen molar-refractivity contribution in [1.82, 2.24) is 5.43 Å². The molecule has 0 spiro atoms. The van der Waals surface area contributed by atoms with Crippen molar-refractivity contribution in [3.8, 4) is 0 Å². The van der Waals surface area contributed by atoms with E-state index in [0.717, 1.165) is 22.4 Å². The first-order chi connectivity index (χ1) is 12.0. The van der Waals surface area contributed by atoms with Gasteiger partial charge in [-0.25, -0.2) is 5.43 Å². The highest BCUT2D eigenvalue weighted by Crippen LogP contribution is 2.19. The Labute approximate surface area is 142 Å². The van der Waals surface area contributed by atoms with Crippen LogP contribution in [0.25, 0.3) is 10.8 Å².